The third-order valence-corrected chi connectivity index (χ3v) is 4.13. The summed E-state index contributed by atoms with van der Waals surface area (Å²) >= 11 is 0. The van der Waals surface area contributed by atoms with Crippen LogP contribution in [0.5, 0.6) is 0 Å². The first kappa shape index (κ1) is 16.3. The lowest BCUT2D eigenvalue weighted by molar-refractivity contribution is 0.471. The topological polar surface area (TPSA) is 53.3 Å². The van der Waals surface area contributed by atoms with Crippen molar-refractivity contribution in [3.8, 4) is 0 Å². The molecule has 0 spiro atoms. The van der Waals surface area contributed by atoms with Gasteiger partial charge in [0.1, 0.15) is 0 Å². The number of hydrogen-bond donors (Lipinski definition) is 3. The molecule has 0 aromatic heterocycles. The number of benzene rings is 1. The second kappa shape index (κ2) is 8.37. The van der Waals surface area contributed by atoms with Crippen molar-refractivity contribution < 1.29 is 0 Å². The van der Waals surface area contributed by atoms with Crippen LogP contribution in [0.1, 0.15) is 25.8 Å². The first-order chi connectivity index (χ1) is 10.2. The standard InChI is InChI=1S/C17H30N4/c1-3-20-14(2)12-16(18)13-15-4-6-17(7-5-15)21-10-8-19-9-11-21/h4-7,14,16,19-20H,3,8-13,18H2,1-2H3. The summed E-state index contributed by atoms with van der Waals surface area (Å²) in [4.78, 5) is 2.44. The number of nitrogens with two attached hydrogens (primary N) is 1. The summed E-state index contributed by atoms with van der Waals surface area (Å²) in [6, 6.07) is 9.65. The Labute approximate surface area is 129 Å². The number of nitrogens with zero attached hydrogens (tertiary/aromatic N) is 1. The van der Waals surface area contributed by atoms with Crippen molar-refractivity contribution in [3.05, 3.63) is 29.8 Å². The lowest BCUT2D eigenvalue weighted by Gasteiger charge is -2.29. The Morgan fingerprint density at radius 3 is 2.52 bits per heavy atom. The maximum atomic E-state index is 6.26. The fourth-order valence-corrected chi connectivity index (χ4v) is 3.04. The van der Waals surface area contributed by atoms with Crippen molar-refractivity contribution >= 4 is 5.69 Å². The summed E-state index contributed by atoms with van der Waals surface area (Å²) in [5.74, 6) is 0. The maximum Gasteiger partial charge on any atom is 0.0367 e. The second-order valence-electron chi connectivity index (χ2n) is 6.06. The highest BCUT2D eigenvalue weighted by molar-refractivity contribution is 5.48. The van der Waals surface area contributed by atoms with Crippen molar-refractivity contribution in [3.63, 3.8) is 0 Å². The molecule has 21 heavy (non-hydrogen) atoms. The molecule has 1 aromatic rings. The van der Waals surface area contributed by atoms with Crippen LogP contribution in [0.3, 0.4) is 0 Å². The predicted molar refractivity (Wildman–Crippen MR) is 91.0 cm³/mol. The molecule has 0 saturated carbocycles. The van der Waals surface area contributed by atoms with Gasteiger partial charge < -0.3 is 21.3 Å². The van der Waals surface area contributed by atoms with Crippen molar-refractivity contribution in [2.24, 2.45) is 5.73 Å². The molecule has 0 aliphatic carbocycles. The normalized spacial score (nSPS) is 18.5. The minimum atomic E-state index is 0.226. The average Bonchev–Trinajstić information content (AvgIpc) is 2.49. The van der Waals surface area contributed by atoms with Gasteiger partial charge in [-0.1, -0.05) is 19.1 Å². The van der Waals surface area contributed by atoms with E-state index in [2.05, 4.69) is 53.6 Å². The summed E-state index contributed by atoms with van der Waals surface area (Å²) in [6.07, 6.45) is 1.98. The third kappa shape index (κ3) is 5.30. The van der Waals surface area contributed by atoms with Crippen LogP contribution < -0.4 is 21.3 Å². The van der Waals surface area contributed by atoms with E-state index >= 15 is 0 Å². The van der Waals surface area contributed by atoms with Gasteiger partial charge in [-0.2, -0.15) is 0 Å². The van der Waals surface area contributed by atoms with Crippen molar-refractivity contribution in [1.82, 2.24) is 10.6 Å². The number of anilines is 1. The highest BCUT2D eigenvalue weighted by Crippen LogP contribution is 2.17. The van der Waals surface area contributed by atoms with Gasteiger partial charge in [0.05, 0.1) is 0 Å². The molecule has 2 unspecified atom stereocenters. The van der Waals surface area contributed by atoms with Crippen LogP contribution in [0.25, 0.3) is 0 Å². The quantitative estimate of drug-likeness (QED) is 0.710. The summed E-state index contributed by atoms with van der Waals surface area (Å²) in [6.45, 7) is 9.70. The molecule has 1 saturated heterocycles. The third-order valence-electron chi connectivity index (χ3n) is 4.13. The van der Waals surface area contributed by atoms with Crippen LogP contribution in [-0.2, 0) is 6.42 Å². The van der Waals surface area contributed by atoms with Crippen LogP contribution in [-0.4, -0.2) is 44.8 Å². The Hall–Kier alpha value is -1.10. The summed E-state index contributed by atoms with van der Waals surface area (Å²) in [7, 11) is 0. The first-order valence-electron chi connectivity index (χ1n) is 8.22. The van der Waals surface area contributed by atoms with E-state index in [1.165, 1.54) is 11.3 Å². The fourth-order valence-electron chi connectivity index (χ4n) is 3.04. The minimum Gasteiger partial charge on any atom is -0.369 e. The smallest absolute Gasteiger partial charge is 0.0367 e. The number of hydrogen-bond acceptors (Lipinski definition) is 4. The number of nitrogens with one attached hydrogen (secondary N) is 2. The van der Waals surface area contributed by atoms with Gasteiger partial charge >= 0.3 is 0 Å². The highest BCUT2D eigenvalue weighted by Gasteiger charge is 2.12. The average molecular weight is 290 g/mol. The van der Waals surface area contributed by atoms with Crippen LogP contribution in [0.4, 0.5) is 5.69 Å². The summed E-state index contributed by atoms with van der Waals surface area (Å²) in [5.41, 5.74) is 8.93. The Balaban J connectivity index is 1.84. The molecular formula is C17H30N4. The van der Waals surface area contributed by atoms with Gasteiger partial charge in [0, 0.05) is 44.0 Å². The molecule has 0 radical (unpaired) electrons. The van der Waals surface area contributed by atoms with Gasteiger partial charge in [0.2, 0.25) is 0 Å². The van der Waals surface area contributed by atoms with Crippen molar-refractivity contribution in [1.29, 1.82) is 0 Å². The zero-order chi connectivity index (χ0) is 15.1. The molecule has 118 valence electrons. The van der Waals surface area contributed by atoms with E-state index in [4.69, 9.17) is 5.73 Å². The number of rotatable bonds is 7. The molecule has 0 bridgehead atoms. The van der Waals surface area contributed by atoms with Crippen molar-refractivity contribution in [2.75, 3.05) is 37.6 Å². The Kier molecular flexibility index (Phi) is 6.49. The Bertz CT molecular complexity index is 398. The lowest BCUT2D eigenvalue weighted by atomic mass is 10.0. The molecule has 2 atom stereocenters. The largest absolute Gasteiger partial charge is 0.369 e. The first-order valence-corrected chi connectivity index (χ1v) is 8.22. The van der Waals surface area contributed by atoms with E-state index in [9.17, 15) is 0 Å². The van der Waals surface area contributed by atoms with Gasteiger partial charge in [-0.05, 0) is 44.0 Å². The fraction of sp³-hybridized carbons (Fsp3) is 0.647. The zero-order valence-corrected chi connectivity index (χ0v) is 13.4. The van der Waals surface area contributed by atoms with E-state index < -0.39 is 0 Å². The monoisotopic (exact) mass is 290 g/mol. The zero-order valence-electron chi connectivity index (χ0n) is 13.4. The molecule has 1 fully saturated rings. The molecule has 1 aliphatic rings. The predicted octanol–water partition coefficient (Wildman–Crippen LogP) is 1.35. The highest BCUT2D eigenvalue weighted by atomic mass is 15.2. The molecule has 2 rings (SSSR count). The second-order valence-corrected chi connectivity index (χ2v) is 6.06. The molecule has 4 N–H and O–H groups in total. The Morgan fingerprint density at radius 1 is 1.24 bits per heavy atom. The molecule has 1 aromatic carbocycles. The van der Waals surface area contributed by atoms with E-state index in [0.717, 1.165) is 45.6 Å². The molecular weight excluding hydrogens is 260 g/mol. The van der Waals surface area contributed by atoms with Gasteiger partial charge in [-0.25, -0.2) is 0 Å². The van der Waals surface area contributed by atoms with Gasteiger partial charge in [0.25, 0.3) is 0 Å². The van der Waals surface area contributed by atoms with Gasteiger partial charge in [-0.15, -0.1) is 0 Å². The van der Waals surface area contributed by atoms with E-state index in [0.29, 0.717) is 6.04 Å². The van der Waals surface area contributed by atoms with Gasteiger partial charge in [0.15, 0.2) is 0 Å². The van der Waals surface area contributed by atoms with E-state index in [-0.39, 0.29) is 6.04 Å². The molecule has 1 aliphatic heterocycles. The van der Waals surface area contributed by atoms with Crippen LogP contribution in [0.15, 0.2) is 24.3 Å². The Morgan fingerprint density at radius 2 is 1.90 bits per heavy atom. The summed E-state index contributed by atoms with van der Waals surface area (Å²) < 4.78 is 0. The maximum absolute atomic E-state index is 6.26. The minimum absolute atomic E-state index is 0.226. The summed E-state index contributed by atoms with van der Waals surface area (Å²) in [5, 5.41) is 6.81. The molecule has 4 nitrogen and oxygen atoms in total. The van der Waals surface area contributed by atoms with Gasteiger partial charge in [-0.3, -0.25) is 0 Å². The van der Waals surface area contributed by atoms with Crippen molar-refractivity contribution in [2.45, 2.75) is 38.8 Å². The van der Waals surface area contributed by atoms with Crippen LogP contribution in [0.2, 0.25) is 0 Å². The van der Waals surface area contributed by atoms with Crippen LogP contribution >= 0.6 is 0 Å². The molecule has 4 heteroatoms. The SMILES string of the molecule is CCNC(C)CC(N)Cc1ccc(N2CCNCC2)cc1. The van der Waals surface area contributed by atoms with Crippen LogP contribution in [0, 0.1) is 0 Å². The lowest BCUT2D eigenvalue weighted by Crippen LogP contribution is -2.43. The molecule has 1 heterocycles. The van der Waals surface area contributed by atoms with E-state index in [1.54, 1.807) is 0 Å². The number of piperazine rings is 1. The van der Waals surface area contributed by atoms with E-state index in [1.807, 2.05) is 0 Å². The molecule has 0 amide bonds.